The van der Waals surface area contributed by atoms with E-state index in [4.69, 9.17) is 4.74 Å². The Labute approximate surface area is 155 Å². The minimum Gasteiger partial charge on any atom is -0.494 e. The average molecular weight is 368 g/mol. The van der Waals surface area contributed by atoms with Crippen LogP contribution in [-0.2, 0) is 31.1 Å². The smallest absolute Gasteiger partial charge is 0.230 e. The average Bonchev–Trinajstić information content (AvgIpc) is 3.20. The van der Waals surface area contributed by atoms with Crippen molar-refractivity contribution in [1.82, 2.24) is 14.8 Å². The summed E-state index contributed by atoms with van der Waals surface area (Å²) in [7, 11) is 1.95. The molecule has 4 rings (SSSR count). The van der Waals surface area contributed by atoms with Gasteiger partial charge in [0, 0.05) is 23.2 Å². The summed E-state index contributed by atoms with van der Waals surface area (Å²) >= 11 is 1.56. The molecule has 1 aliphatic rings. The molecule has 0 bridgehead atoms. The van der Waals surface area contributed by atoms with Gasteiger partial charge in [-0.05, 0) is 37.5 Å². The van der Waals surface area contributed by atoms with Gasteiger partial charge < -0.3 is 10.1 Å². The minimum atomic E-state index is -0.0633. The van der Waals surface area contributed by atoms with E-state index in [0.717, 1.165) is 35.4 Å². The van der Waals surface area contributed by atoms with Crippen molar-refractivity contribution in [1.29, 1.82) is 0 Å². The molecule has 26 heavy (non-hydrogen) atoms. The molecule has 1 aliphatic carbocycles. The van der Waals surface area contributed by atoms with Crippen molar-refractivity contribution in [2.45, 2.75) is 26.2 Å². The van der Waals surface area contributed by atoms with E-state index in [-0.39, 0.29) is 5.91 Å². The van der Waals surface area contributed by atoms with Crippen LogP contribution in [-0.4, -0.2) is 27.3 Å². The molecule has 0 radical (unpaired) electrons. The van der Waals surface area contributed by atoms with Crippen molar-refractivity contribution < 1.29 is 9.53 Å². The largest absolute Gasteiger partial charge is 0.494 e. The zero-order valence-electron chi connectivity index (χ0n) is 14.8. The Kier molecular flexibility index (Phi) is 4.46. The number of thiazole rings is 1. The van der Waals surface area contributed by atoms with Crippen LogP contribution in [0.3, 0.4) is 0 Å². The molecule has 3 aromatic rings. The van der Waals surface area contributed by atoms with Crippen molar-refractivity contribution in [2.24, 2.45) is 7.05 Å². The van der Waals surface area contributed by atoms with Crippen LogP contribution >= 0.6 is 11.3 Å². The lowest BCUT2D eigenvalue weighted by atomic mass is 10.0. The number of fused-ring (bicyclic) bond motifs is 3. The number of benzene rings is 1. The summed E-state index contributed by atoms with van der Waals surface area (Å²) in [5.41, 5.74) is 4.19. The first-order chi connectivity index (χ1) is 12.6. The highest BCUT2D eigenvalue weighted by Crippen LogP contribution is 2.37. The Morgan fingerprint density at radius 1 is 1.31 bits per heavy atom. The van der Waals surface area contributed by atoms with E-state index in [1.807, 2.05) is 49.1 Å². The first-order valence-corrected chi connectivity index (χ1v) is 9.48. The van der Waals surface area contributed by atoms with Crippen LogP contribution in [0, 0.1) is 0 Å². The molecule has 2 heterocycles. The van der Waals surface area contributed by atoms with Crippen LogP contribution < -0.4 is 10.1 Å². The third-order valence-corrected chi connectivity index (χ3v) is 5.48. The molecular formula is C19H20N4O2S. The molecule has 7 heteroatoms. The van der Waals surface area contributed by atoms with E-state index < -0.39 is 0 Å². The van der Waals surface area contributed by atoms with Crippen molar-refractivity contribution in [2.75, 3.05) is 11.9 Å². The van der Waals surface area contributed by atoms with E-state index in [2.05, 4.69) is 15.4 Å². The quantitative estimate of drug-likeness (QED) is 0.751. The molecule has 1 N–H and O–H groups in total. The summed E-state index contributed by atoms with van der Waals surface area (Å²) < 4.78 is 7.33. The topological polar surface area (TPSA) is 69.0 Å². The van der Waals surface area contributed by atoms with Gasteiger partial charge in [-0.1, -0.05) is 12.1 Å². The van der Waals surface area contributed by atoms with Gasteiger partial charge in [0.15, 0.2) is 5.13 Å². The molecule has 134 valence electrons. The van der Waals surface area contributed by atoms with Gasteiger partial charge in [0.05, 0.1) is 24.9 Å². The second-order valence-electron chi connectivity index (χ2n) is 6.22. The fraction of sp³-hybridized carbons (Fsp3) is 0.316. The Bertz CT molecular complexity index is 943. The number of anilines is 1. The molecule has 0 atom stereocenters. The summed E-state index contributed by atoms with van der Waals surface area (Å²) in [4.78, 5) is 18.2. The molecule has 0 fully saturated rings. The van der Waals surface area contributed by atoms with Gasteiger partial charge in [-0.2, -0.15) is 5.10 Å². The first-order valence-electron chi connectivity index (χ1n) is 8.66. The predicted octanol–water partition coefficient (Wildman–Crippen LogP) is 3.22. The van der Waals surface area contributed by atoms with Crippen LogP contribution in [0.2, 0.25) is 0 Å². The number of nitrogens with zero attached hydrogens (tertiary/aromatic N) is 3. The van der Waals surface area contributed by atoms with Gasteiger partial charge in [0.25, 0.3) is 0 Å². The first kappa shape index (κ1) is 16.8. The molecule has 0 spiro atoms. The second kappa shape index (κ2) is 6.92. The number of hydrogen-bond acceptors (Lipinski definition) is 5. The maximum absolute atomic E-state index is 12.4. The molecule has 0 aliphatic heterocycles. The van der Waals surface area contributed by atoms with E-state index in [0.29, 0.717) is 18.2 Å². The van der Waals surface area contributed by atoms with Crippen LogP contribution in [0.1, 0.15) is 23.1 Å². The number of rotatable bonds is 5. The SMILES string of the molecule is CCOc1ccc(CC(=O)Nc2nc3c(s2)CCc2c-3cnn2C)cc1. The zero-order valence-corrected chi connectivity index (χ0v) is 15.6. The summed E-state index contributed by atoms with van der Waals surface area (Å²) in [5.74, 6) is 0.753. The predicted molar refractivity (Wildman–Crippen MR) is 102 cm³/mol. The monoisotopic (exact) mass is 368 g/mol. The number of carbonyl (C=O) groups is 1. The minimum absolute atomic E-state index is 0.0633. The molecule has 2 aromatic heterocycles. The Morgan fingerprint density at radius 2 is 2.12 bits per heavy atom. The van der Waals surface area contributed by atoms with E-state index in [9.17, 15) is 4.79 Å². The lowest BCUT2D eigenvalue weighted by Crippen LogP contribution is -2.14. The van der Waals surface area contributed by atoms with Crippen LogP contribution in [0.5, 0.6) is 5.75 Å². The molecule has 6 nitrogen and oxygen atoms in total. The number of ether oxygens (including phenoxy) is 1. The highest BCUT2D eigenvalue weighted by atomic mass is 32.1. The number of amides is 1. The molecule has 0 saturated heterocycles. The van der Waals surface area contributed by atoms with Crippen LogP contribution in [0.4, 0.5) is 5.13 Å². The molecule has 0 unspecified atom stereocenters. The molecule has 1 aromatic carbocycles. The third-order valence-electron chi connectivity index (χ3n) is 4.45. The molecule has 1 amide bonds. The summed E-state index contributed by atoms with van der Waals surface area (Å²) in [6.45, 7) is 2.58. The normalized spacial score (nSPS) is 12.4. The Morgan fingerprint density at radius 3 is 2.88 bits per heavy atom. The number of aromatic nitrogens is 3. The Balaban J connectivity index is 1.45. The second-order valence-corrected chi connectivity index (χ2v) is 7.30. The molecule has 0 saturated carbocycles. The lowest BCUT2D eigenvalue weighted by molar-refractivity contribution is -0.115. The number of hydrogen-bond donors (Lipinski definition) is 1. The van der Waals surface area contributed by atoms with Gasteiger partial charge in [0.2, 0.25) is 5.91 Å². The fourth-order valence-electron chi connectivity index (χ4n) is 3.19. The lowest BCUT2D eigenvalue weighted by Gasteiger charge is -2.10. The van der Waals surface area contributed by atoms with Crippen LogP contribution in [0.15, 0.2) is 30.5 Å². The maximum atomic E-state index is 12.4. The van der Waals surface area contributed by atoms with E-state index >= 15 is 0 Å². The van der Waals surface area contributed by atoms with Crippen molar-refractivity contribution in [3.05, 3.63) is 46.6 Å². The maximum Gasteiger partial charge on any atom is 0.230 e. The molecular weight excluding hydrogens is 348 g/mol. The highest BCUT2D eigenvalue weighted by molar-refractivity contribution is 7.16. The third kappa shape index (κ3) is 3.22. The van der Waals surface area contributed by atoms with Gasteiger partial charge >= 0.3 is 0 Å². The number of carbonyl (C=O) groups excluding carboxylic acids is 1. The van der Waals surface area contributed by atoms with Gasteiger partial charge in [0.1, 0.15) is 5.75 Å². The summed E-state index contributed by atoms with van der Waals surface area (Å²) in [6.07, 6.45) is 4.07. The number of aryl methyl sites for hydroxylation is 2. The standard InChI is InChI=1S/C19H20N4O2S/c1-3-25-13-6-4-12(5-7-13)10-17(24)21-19-22-18-14-11-20-23(2)15(14)8-9-16(18)26-19/h4-7,11H,3,8-10H2,1-2H3,(H,21,22,24). The Hall–Kier alpha value is -2.67. The highest BCUT2D eigenvalue weighted by Gasteiger charge is 2.24. The van der Waals surface area contributed by atoms with Crippen molar-refractivity contribution >= 4 is 22.4 Å². The van der Waals surface area contributed by atoms with Gasteiger partial charge in [-0.25, -0.2) is 4.98 Å². The number of nitrogens with one attached hydrogen (secondary N) is 1. The fourth-order valence-corrected chi connectivity index (χ4v) is 4.18. The van der Waals surface area contributed by atoms with Crippen molar-refractivity contribution in [3.63, 3.8) is 0 Å². The summed E-state index contributed by atoms with van der Waals surface area (Å²) in [6, 6.07) is 7.61. The van der Waals surface area contributed by atoms with Crippen molar-refractivity contribution in [3.8, 4) is 17.0 Å². The zero-order chi connectivity index (χ0) is 18.1. The van der Waals surface area contributed by atoms with E-state index in [1.54, 1.807) is 11.3 Å². The summed E-state index contributed by atoms with van der Waals surface area (Å²) in [5, 5.41) is 7.92. The van der Waals surface area contributed by atoms with Crippen LogP contribution in [0.25, 0.3) is 11.3 Å². The van der Waals surface area contributed by atoms with Gasteiger partial charge in [-0.15, -0.1) is 11.3 Å². The van der Waals surface area contributed by atoms with Gasteiger partial charge in [-0.3, -0.25) is 9.48 Å². The van der Waals surface area contributed by atoms with E-state index in [1.165, 1.54) is 10.6 Å².